The van der Waals surface area contributed by atoms with Crippen LogP contribution in [-0.4, -0.2) is 50.4 Å². The van der Waals surface area contributed by atoms with Gasteiger partial charge < -0.3 is 15.5 Å². The quantitative estimate of drug-likeness (QED) is 0.309. The van der Waals surface area contributed by atoms with Gasteiger partial charge in [-0.3, -0.25) is 4.79 Å². The lowest BCUT2D eigenvalue weighted by Gasteiger charge is -2.54. The molecule has 2 atom stereocenters. The van der Waals surface area contributed by atoms with E-state index in [9.17, 15) is 4.79 Å². The molecule has 4 aromatic rings. The Bertz CT molecular complexity index is 1600. The lowest BCUT2D eigenvalue weighted by atomic mass is 9.64. The molecule has 1 saturated carbocycles. The van der Waals surface area contributed by atoms with Crippen molar-refractivity contribution < 1.29 is 4.79 Å². The van der Waals surface area contributed by atoms with Gasteiger partial charge in [0.15, 0.2) is 5.01 Å². The first kappa shape index (κ1) is 26.3. The van der Waals surface area contributed by atoms with Gasteiger partial charge in [-0.05, 0) is 75.8 Å². The summed E-state index contributed by atoms with van der Waals surface area (Å²) in [6.07, 6.45) is 10.7. The molecular formula is C31H35N7OS. The molecule has 2 fully saturated rings. The van der Waals surface area contributed by atoms with Crippen LogP contribution < -0.4 is 15.5 Å². The third kappa shape index (κ3) is 4.71. The standard InChI is InChI=1S/C31H35N7OS/c1-6-21-14-25-11-13-28(38(25)32-16-21)22-10-12-26(27(15-22)33-19(2)3)29-35-36-30(40-29)37-17-23-8-7-9-24(18-37)31(23,5)34-20(4)39/h1,10-16,19,23-24,33H,7-9,17-18H2,2-5H3,(H,34,39). The molecule has 1 aliphatic heterocycles. The van der Waals surface area contributed by atoms with E-state index in [0.717, 1.165) is 69.7 Å². The molecule has 2 N–H and O–H groups in total. The number of terminal acetylenes is 1. The topological polar surface area (TPSA) is 87.5 Å². The van der Waals surface area contributed by atoms with E-state index in [4.69, 9.17) is 6.42 Å². The molecule has 4 heterocycles. The van der Waals surface area contributed by atoms with Gasteiger partial charge >= 0.3 is 0 Å². The fourth-order valence-corrected chi connectivity index (χ4v) is 7.42. The maximum atomic E-state index is 12.0. The number of carbonyl (C=O) groups is 1. The van der Waals surface area contributed by atoms with Gasteiger partial charge in [0.25, 0.3) is 0 Å². The van der Waals surface area contributed by atoms with E-state index in [-0.39, 0.29) is 17.5 Å². The second-order valence-corrected chi connectivity index (χ2v) is 12.5. The number of hydrogen-bond acceptors (Lipinski definition) is 7. The van der Waals surface area contributed by atoms with Crippen molar-refractivity contribution in [3.8, 4) is 34.2 Å². The summed E-state index contributed by atoms with van der Waals surface area (Å²) in [5.74, 6) is 3.51. The molecular weight excluding hydrogens is 518 g/mol. The van der Waals surface area contributed by atoms with Crippen LogP contribution in [0.4, 0.5) is 10.8 Å². The third-order valence-electron chi connectivity index (χ3n) is 8.47. The number of fused-ring (bicyclic) bond motifs is 3. The fraction of sp³-hybridized carbons (Fsp3) is 0.419. The van der Waals surface area contributed by atoms with Crippen molar-refractivity contribution >= 4 is 33.6 Å². The highest BCUT2D eigenvalue weighted by molar-refractivity contribution is 7.18. The Kier molecular flexibility index (Phi) is 6.75. The summed E-state index contributed by atoms with van der Waals surface area (Å²) in [6.45, 7) is 9.89. The first-order valence-electron chi connectivity index (χ1n) is 14.0. The van der Waals surface area contributed by atoms with Gasteiger partial charge in [-0.2, -0.15) is 5.10 Å². The van der Waals surface area contributed by atoms with Crippen molar-refractivity contribution in [1.29, 1.82) is 0 Å². The fourth-order valence-electron chi connectivity index (χ4n) is 6.52. The molecule has 2 unspecified atom stereocenters. The maximum Gasteiger partial charge on any atom is 0.217 e. The number of carbonyl (C=O) groups excluding carboxylic acids is 1. The van der Waals surface area contributed by atoms with Crippen LogP contribution in [0.1, 0.15) is 52.5 Å². The van der Waals surface area contributed by atoms with E-state index in [2.05, 4.69) is 81.8 Å². The van der Waals surface area contributed by atoms with Crippen molar-refractivity contribution in [2.45, 2.75) is 58.5 Å². The minimum Gasteiger partial charge on any atom is -0.382 e. The van der Waals surface area contributed by atoms with Gasteiger partial charge in [0, 0.05) is 54.0 Å². The molecule has 1 amide bonds. The van der Waals surface area contributed by atoms with Crippen LogP contribution in [0.3, 0.4) is 0 Å². The molecule has 0 radical (unpaired) electrons. The van der Waals surface area contributed by atoms with E-state index >= 15 is 0 Å². The summed E-state index contributed by atoms with van der Waals surface area (Å²) in [6, 6.07) is 12.7. The Morgan fingerprint density at radius 2 is 1.93 bits per heavy atom. The number of anilines is 2. The second kappa shape index (κ2) is 10.3. The highest BCUT2D eigenvalue weighted by Gasteiger charge is 2.49. The number of benzene rings is 1. The summed E-state index contributed by atoms with van der Waals surface area (Å²) < 4.78 is 1.92. The average molecular weight is 554 g/mol. The average Bonchev–Trinajstić information content (AvgIpc) is 3.55. The van der Waals surface area contributed by atoms with Crippen molar-refractivity contribution in [2.24, 2.45) is 11.8 Å². The van der Waals surface area contributed by atoms with E-state index in [0.29, 0.717) is 11.8 Å². The maximum absolute atomic E-state index is 12.0. The van der Waals surface area contributed by atoms with Gasteiger partial charge in [0.05, 0.1) is 17.4 Å². The highest BCUT2D eigenvalue weighted by Crippen LogP contribution is 2.45. The molecule has 1 saturated heterocycles. The zero-order valence-electron chi connectivity index (χ0n) is 23.4. The Labute approximate surface area is 239 Å². The molecule has 2 aliphatic rings. The van der Waals surface area contributed by atoms with Crippen molar-refractivity contribution in [3.63, 3.8) is 0 Å². The molecule has 9 heteroatoms. The summed E-state index contributed by atoms with van der Waals surface area (Å²) in [7, 11) is 0. The van der Waals surface area contributed by atoms with Crippen molar-refractivity contribution in [3.05, 3.63) is 48.2 Å². The minimum absolute atomic E-state index is 0.0564. The number of nitrogens with one attached hydrogen (secondary N) is 2. The molecule has 206 valence electrons. The second-order valence-electron chi connectivity index (χ2n) is 11.6. The molecule has 3 aromatic heterocycles. The minimum atomic E-state index is -0.154. The van der Waals surface area contributed by atoms with Crippen LogP contribution in [0, 0.1) is 24.2 Å². The molecule has 1 aliphatic carbocycles. The predicted octanol–water partition coefficient (Wildman–Crippen LogP) is 5.45. The van der Waals surface area contributed by atoms with Gasteiger partial charge in [0.2, 0.25) is 11.0 Å². The van der Waals surface area contributed by atoms with E-state index < -0.39 is 0 Å². The van der Waals surface area contributed by atoms with E-state index in [1.54, 1.807) is 24.5 Å². The van der Waals surface area contributed by atoms with E-state index in [1.807, 2.05) is 16.6 Å². The van der Waals surface area contributed by atoms with Gasteiger partial charge in [-0.25, -0.2) is 4.52 Å². The highest BCUT2D eigenvalue weighted by atomic mass is 32.1. The van der Waals surface area contributed by atoms with Crippen LogP contribution >= 0.6 is 11.3 Å². The largest absolute Gasteiger partial charge is 0.382 e. The summed E-state index contributed by atoms with van der Waals surface area (Å²) >= 11 is 1.64. The van der Waals surface area contributed by atoms with Crippen molar-refractivity contribution in [2.75, 3.05) is 23.3 Å². The lowest BCUT2D eigenvalue weighted by Crippen LogP contribution is -2.66. The van der Waals surface area contributed by atoms with Crippen molar-refractivity contribution in [1.82, 2.24) is 25.1 Å². The molecule has 2 bridgehead atoms. The Hall–Kier alpha value is -3.90. The number of hydrogen-bond donors (Lipinski definition) is 2. The number of rotatable bonds is 6. The van der Waals surface area contributed by atoms with Crippen LogP contribution in [0.25, 0.3) is 27.3 Å². The first-order valence-corrected chi connectivity index (χ1v) is 14.8. The lowest BCUT2D eigenvalue weighted by molar-refractivity contribution is -0.123. The molecule has 8 nitrogen and oxygen atoms in total. The van der Waals surface area contributed by atoms with Crippen LogP contribution in [0.5, 0.6) is 0 Å². The Balaban J connectivity index is 1.30. The summed E-state index contributed by atoms with van der Waals surface area (Å²) in [5, 5.41) is 22.6. The van der Waals surface area contributed by atoms with E-state index in [1.165, 1.54) is 6.42 Å². The SMILES string of the molecule is C#Cc1cnn2c(-c3ccc(-c4nnc(N5CC6CCCC(C5)C6(C)NC(C)=O)s4)c(NC(C)C)c3)ccc2c1. The Morgan fingerprint density at radius 1 is 1.15 bits per heavy atom. The van der Waals surface area contributed by atoms with Crippen LogP contribution in [0.15, 0.2) is 42.6 Å². The van der Waals surface area contributed by atoms with Gasteiger partial charge in [0.1, 0.15) is 0 Å². The van der Waals surface area contributed by atoms with Gasteiger partial charge in [-0.1, -0.05) is 29.7 Å². The number of aromatic nitrogens is 4. The third-order valence-corrected chi connectivity index (χ3v) is 9.49. The number of piperidine rings is 1. The zero-order valence-corrected chi connectivity index (χ0v) is 24.3. The molecule has 40 heavy (non-hydrogen) atoms. The first-order chi connectivity index (χ1) is 19.2. The number of nitrogens with zero attached hydrogens (tertiary/aromatic N) is 5. The van der Waals surface area contributed by atoms with Gasteiger partial charge in [-0.15, -0.1) is 16.6 Å². The Morgan fingerprint density at radius 3 is 2.62 bits per heavy atom. The predicted molar refractivity (Wildman–Crippen MR) is 161 cm³/mol. The number of amides is 1. The summed E-state index contributed by atoms with van der Waals surface area (Å²) in [4.78, 5) is 14.4. The zero-order chi connectivity index (χ0) is 28.0. The monoisotopic (exact) mass is 553 g/mol. The molecule has 6 rings (SSSR count). The van der Waals surface area contributed by atoms with Crippen LogP contribution in [0.2, 0.25) is 0 Å². The normalized spacial score (nSPS) is 22.4. The summed E-state index contributed by atoms with van der Waals surface area (Å²) in [5.41, 5.74) is 5.67. The molecule has 0 spiro atoms. The van der Waals surface area contributed by atoms with Crippen LogP contribution in [-0.2, 0) is 4.79 Å². The molecule has 1 aromatic carbocycles. The smallest absolute Gasteiger partial charge is 0.217 e.